The van der Waals surface area contributed by atoms with Crippen molar-refractivity contribution in [3.63, 3.8) is 0 Å². The summed E-state index contributed by atoms with van der Waals surface area (Å²) in [4.78, 5) is 14.3. The molecule has 1 aliphatic carbocycles. The molecule has 0 bridgehead atoms. The number of rotatable bonds is 6. The molecule has 1 atom stereocenters. The Morgan fingerprint density at radius 2 is 2.09 bits per heavy atom. The molecule has 5 nitrogen and oxygen atoms in total. The van der Waals surface area contributed by atoms with E-state index in [1.807, 2.05) is 4.90 Å². The molecule has 0 unspecified atom stereocenters. The molecule has 0 aromatic carbocycles. The summed E-state index contributed by atoms with van der Waals surface area (Å²) in [6, 6.07) is 0.0421. The van der Waals surface area contributed by atoms with Crippen molar-refractivity contribution in [3.8, 4) is 0 Å². The topological polar surface area (TPSA) is 61.8 Å². The number of nitrogens with zero attached hydrogens (tertiary/aromatic N) is 1. The number of methoxy groups -OCH3 is 1. The number of carbonyl (C=O) groups is 1. The van der Waals surface area contributed by atoms with Crippen LogP contribution in [0.3, 0.4) is 0 Å². The number of hydrogen-bond donors (Lipinski definition) is 2. The summed E-state index contributed by atoms with van der Waals surface area (Å²) in [6.45, 7) is 3.01. The van der Waals surface area contributed by atoms with E-state index in [-0.39, 0.29) is 18.1 Å². The maximum Gasteiger partial charge on any atom is 0.317 e. The van der Waals surface area contributed by atoms with Crippen LogP contribution in [0.15, 0.2) is 0 Å². The Morgan fingerprint density at radius 1 is 1.32 bits per heavy atom. The van der Waals surface area contributed by atoms with Gasteiger partial charge in [0.05, 0.1) is 6.61 Å². The van der Waals surface area contributed by atoms with Gasteiger partial charge in [0.1, 0.15) is 0 Å². The molecule has 0 spiro atoms. The van der Waals surface area contributed by atoms with E-state index in [1.54, 1.807) is 7.11 Å². The molecule has 2 fully saturated rings. The van der Waals surface area contributed by atoms with Crippen molar-refractivity contribution in [2.24, 2.45) is 11.3 Å². The van der Waals surface area contributed by atoms with Gasteiger partial charge in [0.15, 0.2) is 0 Å². The zero-order chi connectivity index (χ0) is 15.8. The minimum Gasteiger partial charge on any atom is -0.396 e. The van der Waals surface area contributed by atoms with Crippen LogP contribution in [0.4, 0.5) is 4.79 Å². The Bertz CT molecular complexity index is 345. The molecule has 1 saturated heterocycles. The van der Waals surface area contributed by atoms with Gasteiger partial charge in [0.2, 0.25) is 0 Å². The number of carbonyl (C=O) groups excluding carboxylic acids is 1. The number of aliphatic hydroxyl groups excluding tert-OH is 1. The fourth-order valence-electron chi connectivity index (χ4n) is 3.85. The van der Waals surface area contributed by atoms with E-state index in [2.05, 4.69) is 5.32 Å². The SMILES string of the molecule is COCC[C@]1(CO)CCCN(C(=O)NCC2CCCCC2)C1. The third-order valence-corrected chi connectivity index (χ3v) is 5.39. The zero-order valence-electron chi connectivity index (χ0n) is 14.0. The third kappa shape index (κ3) is 4.85. The summed E-state index contributed by atoms with van der Waals surface area (Å²) < 4.78 is 5.16. The fraction of sp³-hybridized carbons (Fsp3) is 0.941. The first-order chi connectivity index (χ1) is 10.7. The minimum absolute atomic E-state index is 0.0421. The van der Waals surface area contributed by atoms with Gasteiger partial charge in [0, 0.05) is 38.8 Å². The molecular formula is C17H32N2O3. The Balaban J connectivity index is 1.80. The van der Waals surface area contributed by atoms with Gasteiger partial charge in [0.25, 0.3) is 0 Å². The van der Waals surface area contributed by atoms with Crippen molar-refractivity contribution in [1.29, 1.82) is 0 Å². The quantitative estimate of drug-likeness (QED) is 0.791. The average molecular weight is 312 g/mol. The van der Waals surface area contributed by atoms with E-state index in [0.29, 0.717) is 19.1 Å². The summed E-state index contributed by atoms with van der Waals surface area (Å²) in [5.41, 5.74) is -0.184. The Morgan fingerprint density at radius 3 is 2.77 bits per heavy atom. The molecule has 22 heavy (non-hydrogen) atoms. The number of urea groups is 1. The van der Waals surface area contributed by atoms with Gasteiger partial charge in [-0.2, -0.15) is 0 Å². The summed E-state index contributed by atoms with van der Waals surface area (Å²) >= 11 is 0. The van der Waals surface area contributed by atoms with Crippen LogP contribution in [0, 0.1) is 11.3 Å². The summed E-state index contributed by atoms with van der Waals surface area (Å²) in [5, 5.41) is 12.9. The van der Waals surface area contributed by atoms with Crippen LogP contribution in [-0.2, 0) is 4.74 Å². The Labute approximate surface area is 134 Å². The van der Waals surface area contributed by atoms with Crippen molar-refractivity contribution in [1.82, 2.24) is 10.2 Å². The maximum atomic E-state index is 12.4. The van der Waals surface area contributed by atoms with Crippen LogP contribution in [0.5, 0.6) is 0 Å². The van der Waals surface area contributed by atoms with Gasteiger partial charge < -0.3 is 20.1 Å². The number of aliphatic hydroxyl groups is 1. The van der Waals surface area contributed by atoms with Crippen LogP contribution in [-0.4, -0.2) is 56.0 Å². The fourth-order valence-corrected chi connectivity index (χ4v) is 3.85. The second-order valence-corrected chi connectivity index (χ2v) is 7.12. The molecule has 0 aromatic heterocycles. The first-order valence-electron chi connectivity index (χ1n) is 8.82. The number of likely N-dealkylation sites (tertiary alicyclic amines) is 1. The highest BCUT2D eigenvalue weighted by Crippen LogP contribution is 2.33. The molecular weight excluding hydrogens is 280 g/mol. The number of hydrogen-bond acceptors (Lipinski definition) is 3. The lowest BCUT2D eigenvalue weighted by atomic mass is 9.78. The predicted molar refractivity (Wildman–Crippen MR) is 86.8 cm³/mol. The highest BCUT2D eigenvalue weighted by molar-refractivity contribution is 5.74. The summed E-state index contributed by atoms with van der Waals surface area (Å²) in [6.07, 6.45) is 9.18. The van der Waals surface area contributed by atoms with Gasteiger partial charge in [-0.25, -0.2) is 4.79 Å². The third-order valence-electron chi connectivity index (χ3n) is 5.39. The summed E-state index contributed by atoms with van der Waals surface area (Å²) in [5.74, 6) is 0.651. The number of ether oxygens (including phenoxy) is 1. The van der Waals surface area contributed by atoms with Crippen molar-refractivity contribution >= 4 is 6.03 Å². The highest BCUT2D eigenvalue weighted by atomic mass is 16.5. The van der Waals surface area contributed by atoms with Crippen molar-refractivity contribution < 1.29 is 14.6 Å². The molecule has 1 aliphatic heterocycles. The zero-order valence-corrected chi connectivity index (χ0v) is 14.0. The van der Waals surface area contributed by atoms with Crippen LogP contribution in [0.1, 0.15) is 51.4 Å². The Kier molecular flexibility index (Phi) is 6.96. The van der Waals surface area contributed by atoms with Crippen molar-refractivity contribution in [3.05, 3.63) is 0 Å². The van der Waals surface area contributed by atoms with Crippen LogP contribution in [0.25, 0.3) is 0 Å². The van der Waals surface area contributed by atoms with E-state index in [9.17, 15) is 9.90 Å². The van der Waals surface area contributed by atoms with Gasteiger partial charge >= 0.3 is 6.03 Å². The van der Waals surface area contributed by atoms with Gasteiger partial charge in [-0.15, -0.1) is 0 Å². The minimum atomic E-state index is -0.184. The van der Waals surface area contributed by atoms with Crippen LogP contribution < -0.4 is 5.32 Å². The first kappa shape index (κ1) is 17.5. The first-order valence-corrected chi connectivity index (χ1v) is 8.82. The molecule has 0 aromatic rings. The van der Waals surface area contributed by atoms with E-state index in [4.69, 9.17) is 4.74 Å². The molecule has 2 N–H and O–H groups in total. The lowest BCUT2D eigenvalue weighted by Gasteiger charge is -2.42. The molecule has 1 heterocycles. The molecule has 2 rings (SSSR count). The number of amides is 2. The second-order valence-electron chi connectivity index (χ2n) is 7.12. The van der Waals surface area contributed by atoms with E-state index < -0.39 is 0 Å². The van der Waals surface area contributed by atoms with Gasteiger partial charge in [-0.3, -0.25) is 0 Å². The smallest absolute Gasteiger partial charge is 0.317 e. The molecule has 1 saturated carbocycles. The molecule has 128 valence electrons. The number of nitrogens with one attached hydrogen (secondary N) is 1. The van der Waals surface area contributed by atoms with E-state index in [1.165, 1.54) is 32.1 Å². The van der Waals surface area contributed by atoms with Gasteiger partial charge in [-0.1, -0.05) is 19.3 Å². The average Bonchev–Trinajstić information content (AvgIpc) is 2.59. The van der Waals surface area contributed by atoms with E-state index in [0.717, 1.165) is 32.4 Å². The Hall–Kier alpha value is -0.810. The molecule has 2 amide bonds. The monoisotopic (exact) mass is 312 g/mol. The lowest BCUT2D eigenvalue weighted by Crippen LogP contribution is -2.52. The lowest BCUT2D eigenvalue weighted by molar-refractivity contribution is 0.0199. The predicted octanol–water partition coefficient (Wildman–Crippen LogP) is 2.39. The summed E-state index contributed by atoms with van der Waals surface area (Å²) in [7, 11) is 1.68. The van der Waals surface area contributed by atoms with Crippen LogP contribution in [0.2, 0.25) is 0 Å². The van der Waals surface area contributed by atoms with Crippen molar-refractivity contribution in [2.75, 3.05) is 40.0 Å². The maximum absolute atomic E-state index is 12.4. The standard InChI is InChI=1S/C17H32N2O3/c1-22-11-9-17(14-20)8-5-10-19(13-17)16(21)18-12-15-6-3-2-4-7-15/h15,20H,2-14H2,1H3,(H,18,21)/t17-/m1/s1. The van der Waals surface area contributed by atoms with Crippen molar-refractivity contribution in [2.45, 2.75) is 51.4 Å². The largest absolute Gasteiger partial charge is 0.396 e. The molecule has 5 heteroatoms. The second kappa shape index (κ2) is 8.73. The molecule has 0 radical (unpaired) electrons. The highest BCUT2D eigenvalue weighted by Gasteiger charge is 2.36. The van der Waals surface area contributed by atoms with Crippen LogP contribution >= 0.6 is 0 Å². The van der Waals surface area contributed by atoms with Gasteiger partial charge in [-0.05, 0) is 38.0 Å². The molecule has 2 aliphatic rings. The van der Waals surface area contributed by atoms with E-state index >= 15 is 0 Å². The normalized spacial score (nSPS) is 26.9. The number of piperidine rings is 1.